The summed E-state index contributed by atoms with van der Waals surface area (Å²) in [7, 11) is -3.52. The number of β-amino-alcohol motifs (C(OH)–C–C–N with tert-alkyl or cyclic N) is 1. The summed E-state index contributed by atoms with van der Waals surface area (Å²) in [6.45, 7) is 1.23. The second kappa shape index (κ2) is 6.17. The van der Waals surface area contributed by atoms with Gasteiger partial charge < -0.3 is 5.11 Å². The lowest BCUT2D eigenvalue weighted by atomic mass is 10.1. The van der Waals surface area contributed by atoms with Crippen LogP contribution in [-0.2, 0) is 10.0 Å². The molecule has 2 unspecified atom stereocenters. The van der Waals surface area contributed by atoms with Gasteiger partial charge in [0, 0.05) is 28.7 Å². The molecule has 1 aromatic carbocycles. The normalized spacial score (nSPS) is 22.1. The van der Waals surface area contributed by atoms with E-state index in [4.69, 9.17) is 28.3 Å². The predicted molar refractivity (Wildman–Crippen MR) is 79.4 cm³/mol. The van der Waals surface area contributed by atoms with Gasteiger partial charge in [-0.2, -0.15) is 0 Å². The van der Waals surface area contributed by atoms with E-state index in [-0.39, 0.29) is 0 Å². The van der Waals surface area contributed by atoms with Crippen molar-refractivity contribution in [2.24, 2.45) is 5.14 Å². The molecule has 5 nitrogen and oxygen atoms in total. The van der Waals surface area contributed by atoms with Gasteiger partial charge in [-0.15, -0.1) is 0 Å². The third kappa shape index (κ3) is 3.84. The molecule has 0 bridgehead atoms. The standard InChI is InChI=1S/C12H16Cl2N2O3S/c13-8-1-2-10(11(14)5-8)12(17)7-16-4-3-9(6-16)20(15,18)19/h1-2,5,9,12,17H,3-4,6-7H2,(H2,15,18,19). The minimum atomic E-state index is -3.52. The van der Waals surface area contributed by atoms with Gasteiger partial charge in [-0.05, 0) is 25.1 Å². The van der Waals surface area contributed by atoms with Gasteiger partial charge in [0.2, 0.25) is 10.0 Å². The molecular weight excluding hydrogens is 323 g/mol. The largest absolute Gasteiger partial charge is 0.387 e. The van der Waals surface area contributed by atoms with E-state index in [9.17, 15) is 13.5 Å². The maximum Gasteiger partial charge on any atom is 0.213 e. The van der Waals surface area contributed by atoms with E-state index in [0.29, 0.717) is 41.7 Å². The fourth-order valence-electron chi connectivity index (χ4n) is 2.35. The quantitative estimate of drug-likeness (QED) is 0.868. The van der Waals surface area contributed by atoms with E-state index in [1.165, 1.54) is 0 Å². The Morgan fingerprint density at radius 1 is 1.45 bits per heavy atom. The van der Waals surface area contributed by atoms with Crippen LogP contribution in [0.2, 0.25) is 10.0 Å². The molecule has 0 spiro atoms. The Kier molecular flexibility index (Phi) is 4.94. The smallest absolute Gasteiger partial charge is 0.213 e. The van der Waals surface area contributed by atoms with E-state index in [0.717, 1.165) is 0 Å². The summed E-state index contributed by atoms with van der Waals surface area (Å²) in [5, 5.41) is 15.7. The zero-order valence-electron chi connectivity index (χ0n) is 10.7. The zero-order chi connectivity index (χ0) is 14.9. The molecule has 0 saturated carbocycles. The fourth-order valence-corrected chi connectivity index (χ4v) is 3.73. The van der Waals surface area contributed by atoms with Crippen LogP contribution < -0.4 is 5.14 Å². The van der Waals surface area contributed by atoms with E-state index in [1.54, 1.807) is 18.2 Å². The Labute approximate surface area is 128 Å². The van der Waals surface area contributed by atoms with Crippen LogP contribution in [0, 0.1) is 0 Å². The number of aliphatic hydroxyl groups excluding tert-OH is 1. The Bertz CT molecular complexity index is 594. The van der Waals surface area contributed by atoms with E-state index in [1.807, 2.05) is 4.90 Å². The first kappa shape index (κ1) is 16.0. The van der Waals surface area contributed by atoms with Gasteiger partial charge in [-0.25, -0.2) is 13.6 Å². The monoisotopic (exact) mass is 338 g/mol. The molecule has 1 aliphatic heterocycles. The molecule has 0 amide bonds. The average Bonchev–Trinajstić information content (AvgIpc) is 2.76. The number of hydrogen-bond acceptors (Lipinski definition) is 4. The van der Waals surface area contributed by atoms with E-state index < -0.39 is 21.4 Å². The summed E-state index contributed by atoms with van der Waals surface area (Å²) >= 11 is 11.8. The number of aliphatic hydroxyl groups is 1. The van der Waals surface area contributed by atoms with Crippen molar-refractivity contribution in [3.8, 4) is 0 Å². The van der Waals surface area contributed by atoms with E-state index in [2.05, 4.69) is 0 Å². The highest BCUT2D eigenvalue weighted by atomic mass is 35.5. The number of benzene rings is 1. The minimum absolute atomic E-state index is 0.313. The van der Waals surface area contributed by atoms with Crippen LogP contribution in [0.15, 0.2) is 18.2 Å². The lowest BCUT2D eigenvalue weighted by Crippen LogP contribution is -2.33. The van der Waals surface area contributed by atoms with Crippen LogP contribution in [0.4, 0.5) is 0 Å². The molecule has 20 heavy (non-hydrogen) atoms. The molecule has 1 aromatic rings. The Balaban J connectivity index is 2.01. The first-order valence-electron chi connectivity index (χ1n) is 6.14. The van der Waals surface area contributed by atoms with Gasteiger partial charge >= 0.3 is 0 Å². The van der Waals surface area contributed by atoms with Crippen LogP contribution in [0.3, 0.4) is 0 Å². The van der Waals surface area contributed by atoms with Crippen LogP contribution in [0.1, 0.15) is 18.1 Å². The van der Waals surface area contributed by atoms with Crippen LogP contribution >= 0.6 is 23.2 Å². The van der Waals surface area contributed by atoms with Crippen LogP contribution in [0.25, 0.3) is 0 Å². The van der Waals surface area contributed by atoms with Crippen molar-refractivity contribution in [1.82, 2.24) is 4.90 Å². The maximum absolute atomic E-state index is 11.3. The third-order valence-electron chi connectivity index (χ3n) is 3.45. The number of nitrogens with two attached hydrogens (primary N) is 1. The van der Waals surface area contributed by atoms with Crippen molar-refractivity contribution in [1.29, 1.82) is 0 Å². The van der Waals surface area contributed by atoms with Crippen LogP contribution in [-0.4, -0.2) is 43.3 Å². The van der Waals surface area contributed by atoms with Gasteiger partial charge in [0.05, 0.1) is 11.4 Å². The first-order chi connectivity index (χ1) is 9.27. The first-order valence-corrected chi connectivity index (χ1v) is 8.51. The number of nitrogens with zero attached hydrogens (tertiary/aromatic N) is 1. The van der Waals surface area contributed by atoms with Crippen molar-refractivity contribution >= 4 is 33.2 Å². The summed E-state index contributed by atoms with van der Waals surface area (Å²) in [6, 6.07) is 4.89. The molecule has 1 heterocycles. The van der Waals surface area contributed by atoms with Crippen molar-refractivity contribution in [3.63, 3.8) is 0 Å². The van der Waals surface area contributed by atoms with Gasteiger partial charge in [0.1, 0.15) is 0 Å². The van der Waals surface area contributed by atoms with Gasteiger partial charge in [0.25, 0.3) is 0 Å². The lowest BCUT2D eigenvalue weighted by Gasteiger charge is -2.20. The molecule has 0 aliphatic carbocycles. The van der Waals surface area contributed by atoms with E-state index >= 15 is 0 Å². The molecule has 1 aliphatic rings. The third-order valence-corrected chi connectivity index (χ3v) is 5.32. The number of sulfonamides is 1. The predicted octanol–water partition coefficient (Wildman–Crippen LogP) is 1.39. The zero-order valence-corrected chi connectivity index (χ0v) is 13.0. The molecule has 1 saturated heterocycles. The molecule has 112 valence electrons. The van der Waals surface area contributed by atoms with Gasteiger partial charge in [0.15, 0.2) is 0 Å². The topological polar surface area (TPSA) is 83.6 Å². The van der Waals surface area contributed by atoms with Gasteiger partial charge in [-0.1, -0.05) is 29.3 Å². The number of halogens is 2. The molecule has 0 radical (unpaired) electrons. The molecule has 1 fully saturated rings. The number of likely N-dealkylation sites (tertiary alicyclic amines) is 1. The second-order valence-corrected chi connectivity index (χ2v) is 7.63. The molecule has 2 atom stereocenters. The summed E-state index contributed by atoms with van der Waals surface area (Å²) in [4.78, 5) is 1.87. The Morgan fingerprint density at radius 3 is 2.70 bits per heavy atom. The second-order valence-electron chi connectivity index (χ2n) is 4.94. The fraction of sp³-hybridized carbons (Fsp3) is 0.500. The molecule has 2 rings (SSSR count). The van der Waals surface area contributed by atoms with Crippen LogP contribution in [0.5, 0.6) is 0 Å². The summed E-state index contributed by atoms with van der Waals surface area (Å²) in [5.74, 6) is 0. The Morgan fingerprint density at radius 2 is 2.15 bits per heavy atom. The van der Waals surface area contributed by atoms with Crippen molar-refractivity contribution < 1.29 is 13.5 Å². The lowest BCUT2D eigenvalue weighted by molar-refractivity contribution is 0.126. The highest BCUT2D eigenvalue weighted by Crippen LogP contribution is 2.28. The van der Waals surface area contributed by atoms with Gasteiger partial charge in [-0.3, -0.25) is 4.90 Å². The average molecular weight is 339 g/mol. The number of hydrogen-bond donors (Lipinski definition) is 2. The number of primary sulfonamides is 1. The summed E-state index contributed by atoms with van der Waals surface area (Å²) in [6.07, 6.45) is -0.307. The maximum atomic E-state index is 11.3. The molecular formula is C12H16Cl2N2O3S. The number of rotatable bonds is 4. The highest BCUT2D eigenvalue weighted by molar-refractivity contribution is 7.89. The van der Waals surface area contributed by atoms with Crippen molar-refractivity contribution in [3.05, 3.63) is 33.8 Å². The highest BCUT2D eigenvalue weighted by Gasteiger charge is 2.31. The Hall–Kier alpha value is -0.370. The summed E-state index contributed by atoms with van der Waals surface area (Å²) in [5.41, 5.74) is 0.579. The summed E-state index contributed by atoms with van der Waals surface area (Å²) < 4.78 is 22.6. The van der Waals surface area contributed by atoms with Crippen molar-refractivity contribution in [2.75, 3.05) is 19.6 Å². The molecule has 8 heteroatoms. The minimum Gasteiger partial charge on any atom is -0.387 e. The molecule has 0 aromatic heterocycles. The van der Waals surface area contributed by atoms with Crippen molar-refractivity contribution in [2.45, 2.75) is 17.8 Å². The molecule has 3 N–H and O–H groups in total. The SMILES string of the molecule is NS(=O)(=O)C1CCN(CC(O)c2ccc(Cl)cc2Cl)C1.